The van der Waals surface area contributed by atoms with E-state index in [0.29, 0.717) is 18.0 Å². The average molecular weight is 179 g/mol. The molecule has 2 aromatic rings. The molecule has 4 nitrogen and oxygen atoms in total. The minimum Gasteiger partial charge on any atom is -0.428 e. The number of rotatable bonds is 2. The van der Waals surface area contributed by atoms with Gasteiger partial charge in [-0.05, 0) is 12.1 Å². The zero-order valence-corrected chi connectivity index (χ0v) is 6.64. The molecular formula is C8H6FN3O. The van der Waals surface area contributed by atoms with Gasteiger partial charge in [0.05, 0.1) is 12.6 Å². The van der Waals surface area contributed by atoms with Crippen LogP contribution in [0, 0.1) is 5.82 Å². The van der Waals surface area contributed by atoms with E-state index in [1.165, 1.54) is 12.5 Å². The van der Waals surface area contributed by atoms with Crippen molar-refractivity contribution in [2.75, 3.05) is 0 Å². The lowest BCUT2D eigenvalue weighted by molar-refractivity contribution is 0.502. The zero-order chi connectivity index (χ0) is 9.10. The number of halogens is 1. The maximum absolute atomic E-state index is 12.5. The minimum atomic E-state index is -0.353. The van der Waals surface area contributed by atoms with Gasteiger partial charge in [-0.25, -0.2) is 4.39 Å². The van der Waals surface area contributed by atoms with Crippen LogP contribution in [0.3, 0.4) is 0 Å². The molecular weight excluding hydrogens is 173 g/mol. The molecule has 13 heavy (non-hydrogen) atoms. The molecule has 66 valence electrons. The third-order valence-electron chi connectivity index (χ3n) is 1.53. The lowest BCUT2D eigenvalue weighted by atomic mass is 10.3. The minimum absolute atomic E-state index is 0.353. The quantitative estimate of drug-likeness (QED) is 0.694. The van der Waals surface area contributed by atoms with Gasteiger partial charge in [0.1, 0.15) is 5.82 Å². The van der Waals surface area contributed by atoms with Crippen molar-refractivity contribution in [3.05, 3.63) is 42.1 Å². The van der Waals surface area contributed by atoms with Crippen LogP contribution in [0.15, 0.2) is 29.1 Å². The predicted molar refractivity (Wildman–Crippen MR) is 41.3 cm³/mol. The summed E-state index contributed by atoms with van der Waals surface area (Å²) in [6.07, 6.45) is 2.84. The molecule has 0 fully saturated rings. The Kier molecular flexibility index (Phi) is 1.99. The van der Waals surface area contributed by atoms with Crippen molar-refractivity contribution in [3.63, 3.8) is 0 Å². The topological polar surface area (TPSA) is 51.8 Å². The predicted octanol–water partition coefficient (Wildman–Crippen LogP) is 1.19. The van der Waals surface area contributed by atoms with Crippen molar-refractivity contribution in [1.82, 2.24) is 15.2 Å². The van der Waals surface area contributed by atoms with Gasteiger partial charge in [0, 0.05) is 5.69 Å². The maximum Gasteiger partial charge on any atom is 0.222 e. The molecule has 0 saturated carbocycles. The van der Waals surface area contributed by atoms with Crippen LogP contribution >= 0.6 is 0 Å². The summed E-state index contributed by atoms with van der Waals surface area (Å²) in [6.45, 7) is 0. The summed E-state index contributed by atoms with van der Waals surface area (Å²) in [6, 6.07) is 2.93. The lowest BCUT2D eigenvalue weighted by Crippen LogP contribution is -1.92. The summed E-state index contributed by atoms with van der Waals surface area (Å²) in [5.41, 5.74) is 0.700. The van der Waals surface area contributed by atoms with E-state index in [1.54, 1.807) is 6.07 Å². The molecule has 0 aromatic carbocycles. The normalized spacial score (nSPS) is 10.2. The Labute approximate surface area is 73.4 Å². The van der Waals surface area contributed by atoms with Crippen LogP contribution in [0.4, 0.5) is 4.39 Å². The summed E-state index contributed by atoms with van der Waals surface area (Å²) >= 11 is 0. The highest BCUT2D eigenvalue weighted by Gasteiger charge is 2.01. The van der Waals surface area contributed by atoms with Gasteiger partial charge < -0.3 is 4.42 Å². The first-order valence-corrected chi connectivity index (χ1v) is 3.70. The molecule has 0 aliphatic heterocycles. The molecule has 0 radical (unpaired) electrons. The van der Waals surface area contributed by atoms with Crippen molar-refractivity contribution in [3.8, 4) is 0 Å². The second-order valence-corrected chi connectivity index (χ2v) is 2.48. The van der Waals surface area contributed by atoms with Gasteiger partial charge in [-0.2, -0.15) is 0 Å². The van der Waals surface area contributed by atoms with Gasteiger partial charge >= 0.3 is 0 Å². The Hall–Kier alpha value is -1.78. The summed E-state index contributed by atoms with van der Waals surface area (Å²) in [7, 11) is 0. The third kappa shape index (κ3) is 1.87. The van der Waals surface area contributed by atoms with Crippen LogP contribution < -0.4 is 0 Å². The molecule has 2 aromatic heterocycles. The van der Waals surface area contributed by atoms with Crippen molar-refractivity contribution in [2.24, 2.45) is 0 Å². The highest BCUT2D eigenvalue weighted by molar-refractivity contribution is 5.08. The van der Waals surface area contributed by atoms with Crippen LogP contribution in [0.25, 0.3) is 0 Å². The SMILES string of the molecule is Fc1ccc(Cc2nnco2)nc1. The smallest absolute Gasteiger partial charge is 0.222 e. The fraction of sp³-hybridized carbons (Fsp3) is 0.125. The molecule has 2 heterocycles. The summed E-state index contributed by atoms with van der Waals surface area (Å²) in [5, 5.41) is 7.20. The molecule has 2 rings (SSSR count). The van der Waals surface area contributed by atoms with E-state index in [9.17, 15) is 4.39 Å². The van der Waals surface area contributed by atoms with Gasteiger partial charge in [-0.1, -0.05) is 0 Å². The van der Waals surface area contributed by atoms with Gasteiger partial charge in [0.25, 0.3) is 0 Å². The van der Waals surface area contributed by atoms with Crippen molar-refractivity contribution in [2.45, 2.75) is 6.42 Å². The van der Waals surface area contributed by atoms with Gasteiger partial charge in [-0.3, -0.25) is 4.98 Å². The summed E-state index contributed by atoms with van der Waals surface area (Å²) in [4.78, 5) is 3.85. The van der Waals surface area contributed by atoms with Crippen LogP contribution in [-0.4, -0.2) is 15.2 Å². The highest BCUT2D eigenvalue weighted by Crippen LogP contribution is 2.04. The molecule has 0 unspecified atom stereocenters. The fourth-order valence-electron chi connectivity index (χ4n) is 0.939. The van der Waals surface area contributed by atoms with Crippen molar-refractivity contribution >= 4 is 0 Å². The van der Waals surface area contributed by atoms with E-state index < -0.39 is 0 Å². The first-order valence-electron chi connectivity index (χ1n) is 3.70. The molecule has 0 bridgehead atoms. The van der Waals surface area contributed by atoms with Gasteiger partial charge in [-0.15, -0.1) is 10.2 Å². The van der Waals surface area contributed by atoms with Gasteiger partial charge in [0.15, 0.2) is 0 Å². The maximum atomic E-state index is 12.5. The van der Waals surface area contributed by atoms with E-state index in [0.717, 1.165) is 6.20 Å². The van der Waals surface area contributed by atoms with Crippen LogP contribution in [-0.2, 0) is 6.42 Å². The highest BCUT2D eigenvalue weighted by atomic mass is 19.1. The summed E-state index contributed by atoms with van der Waals surface area (Å²) in [5.74, 6) is 0.119. The summed E-state index contributed by atoms with van der Waals surface area (Å²) < 4.78 is 17.4. The number of aromatic nitrogens is 3. The van der Waals surface area contributed by atoms with Crippen molar-refractivity contribution < 1.29 is 8.81 Å². The number of hydrogen-bond donors (Lipinski definition) is 0. The number of hydrogen-bond acceptors (Lipinski definition) is 4. The van der Waals surface area contributed by atoms with E-state index in [1.807, 2.05) is 0 Å². The second kappa shape index (κ2) is 3.30. The first kappa shape index (κ1) is 7.85. The Bertz CT molecular complexity index is 371. The molecule has 0 spiro atoms. The average Bonchev–Trinajstić information content (AvgIpc) is 2.62. The Morgan fingerprint density at radius 1 is 1.38 bits per heavy atom. The number of nitrogens with zero attached hydrogens (tertiary/aromatic N) is 3. The molecule has 5 heteroatoms. The Balaban J connectivity index is 2.15. The van der Waals surface area contributed by atoms with Crippen LogP contribution in [0.2, 0.25) is 0 Å². The van der Waals surface area contributed by atoms with E-state index in [-0.39, 0.29) is 5.82 Å². The first-order chi connectivity index (χ1) is 6.34. The third-order valence-corrected chi connectivity index (χ3v) is 1.53. The van der Waals surface area contributed by atoms with Crippen LogP contribution in [0.5, 0.6) is 0 Å². The molecule has 0 aliphatic carbocycles. The largest absolute Gasteiger partial charge is 0.428 e. The standard InChI is InChI=1S/C8H6FN3O/c9-6-1-2-7(10-4-6)3-8-12-11-5-13-8/h1-2,4-5H,3H2. The zero-order valence-electron chi connectivity index (χ0n) is 6.64. The lowest BCUT2D eigenvalue weighted by Gasteiger charge is -1.94. The van der Waals surface area contributed by atoms with Gasteiger partial charge in [0.2, 0.25) is 12.3 Å². The Morgan fingerprint density at radius 3 is 2.92 bits per heavy atom. The van der Waals surface area contributed by atoms with E-state index in [4.69, 9.17) is 4.42 Å². The second-order valence-electron chi connectivity index (χ2n) is 2.48. The molecule has 0 amide bonds. The molecule has 0 N–H and O–H groups in total. The van der Waals surface area contributed by atoms with Crippen LogP contribution in [0.1, 0.15) is 11.6 Å². The van der Waals surface area contributed by atoms with E-state index in [2.05, 4.69) is 15.2 Å². The Morgan fingerprint density at radius 2 is 2.31 bits per heavy atom. The van der Waals surface area contributed by atoms with E-state index >= 15 is 0 Å². The molecule has 0 aliphatic rings. The molecule has 0 saturated heterocycles. The monoisotopic (exact) mass is 179 g/mol. The molecule has 0 atom stereocenters. The number of pyridine rings is 1. The van der Waals surface area contributed by atoms with Crippen molar-refractivity contribution in [1.29, 1.82) is 0 Å². The fourth-order valence-corrected chi connectivity index (χ4v) is 0.939.